The van der Waals surface area contributed by atoms with E-state index in [2.05, 4.69) is 33.0 Å². The highest BCUT2D eigenvalue weighted by atomic mass is 79.9. The number of anilines is 1. The number of nitrogens with two attached hydrogens (primary N) is 1. The average molecular weight is 340 g/mol. The van der Waals surface area contributed by atoms with Gasteiger partial charge < -0.3 is 15.8 Å². The van der Waals surface area contributed by atoms with E-state index >= 15 is 0 Å². The van der Waals surface area contributed by atoms with Crippen LogP contribution >= 0.6 is 15.9 Å². The number of oxime groups is 1. The maximum Gasteiger partial charge on any atom is 0.170 e. The second kappa shape index (κ2) is 6.97. The minimum atomic E-state index is 0.134. The molecule has 0 unspecified atom stereocenters. The number of rotatable bonds is 3. The summed E-state index contributed by atoms with van der Waals surface area (Å²) in [5, 5.41) is 11.8. The monoisotopic (exact) mass is 339 g/mol. The van der Waals surface area contributed by atoms with Gasteiger partial charge >= 0.3 is 0 Å². The molecule has 4 nitrogen and oxygen atoms in total. The first kappa shape index (κ1) is 15.2. The third kappa shape index (κ3) is 3.45. The Bertz CT molecular complexity index is 482. The van der Waals surface area contributed by atoms with Crippen LogP contribution < -0.4 is 10.6 Å². The van der Waals surface area contributed by atoms with Crippen LogP contribution in [0.3, 0.4) is 0 Å². The lowest BCUT2D eigenvalue weighted by Crippen LogP contribution is -2.31. The molecule has 1 aliphatic carbocycles. The Kier molecular flexibility index (Phi) is 5.29. The molecule has 0 amide bonds. The van der Waals surface area contributed by atoms with Gasteiger partial charge in [-0.05, 0) is 47.0 Å². The predicted octanol–water partition coefficient (Wildman–Crippen LogP) is 3.70. The molecule has 0 heterocycles. The zero-order valence-electron chi connectivity index (χ0n) is 11.8. The second-order valence-electron chi connectivity index (χ2n) is 5.41. The van der Waals surface area contributed by atoms with Crippen LogP contribution in [0.2, 0.25) is 0 Å². The van der Waals surface area contributed by atoms with Crippen molar-refractivity contribution in [3.05, 3.63) is 28.2 Å². The van der Waals surface area contributed by atoms with Crippen molar-refractivity contribution < 1.29 is 5.21 Å². The van der Waals surface area contributed by atoms with Gasteiger partial charge in [-0.2, -0.15) is 0 Å². The van der Waals surface area contributed by atoms with Crippen molar-refractivity contribution in [2.75, 3.05) is 11.9 Å². The molecule has 1 fully saturated rings. The van der Waals surface area contributed by atoms with Crippen molar-refractivity contribution in [3.63, 3.8) is 0 Å². The SMILES string of the molecule is CN(c1ccc(/C(N)=N/O)cc1Br)C1CCCCCC1. The third-order valence-corrected chi connectivity index (χ3v) is 4.74. The van der Waals surface area contributed by atoms with Crippen LogP contribution in [0.25, 0.3) is 0 Å². The molecule has 1 aromatic rings. The summed E-state index contributed by atoms with van der Waals surface area (Å²) in [5.41, 5.74) is 7.50. The van der Waals surface area contributed by atoms with E-state index in [0.29, 0.717) is 6.04 Å². The summed E-state index contributed by atoms with van der Waals surface area (Å²) in [7, 11) is 2.15. The molecule has 1 aromatic carbocycles. The lowest BCUT2D eigenvalue weighted by Gasteiger charge is -2.30. The molecule has 20 heavy (non-hydrogen) atoms. The number of hydrogen-bond donors (Lipinski definition) is 2. The molecule has 2 rings (SSSR count). The topological polar surface area (TPSA) is 61.8 Å². The average Bonchev–Trinajstić information content (AvgIpc) is 2.74. The van der Waals surface area contributed by atoms with Crippen molar-refractivity contribution in [3.8, 4) is 0 Å². The van der Waals surface area contributed by atoms with Crippen LogP contribution in [0.4, 0.5) is 5.69 Å². The summed E-state index contributed by atoms with van der Waals surface area (Å²) < 4.78 is 0.980. The highest BCUT2D eigenvalue weighted by Crippen LogP contribution is 2.31. The Morgan fingerprint density at radius 3 is 2.50 bits per heavy atom. The Morgan fingerprint density at radius 1 is 1.30 bits per heavy atom. The normalized spacial score (nSPS) is 17.8. The van der Waals surface area contributed by atoms with Gasteiger partial charge in [0, 0.05) is 23.1 Å². The van der Waals surface area contributed by atoms with E-state index < -0.39 is 0 Å². The van der Waals surface area contributed by atoms with Gasteiger partial charge in [0.1, 0.15) is 0 Å². The summed E-state index contributed by atoms with van der Waals surface area (Å²) in [4.78, 5) is 2.35. The molecule has 0 radical (unpaired) electrons. The van der Waals surface area contributed by atoms with Crippen LogP contribution in [0.5, 0.6) is 0 Å². The number of halogens is 1. The molecule has 0 spiro atoms. The summed E-state index contributed by atoms with van der Waals surface area (Å²) in [6.45, 7) is 0. The van der Waals surface area contributed by atoms with E-state index in [1.54, 1.807) is 0 Å². The van der Waals surface area contributed by atoms with E-state index in [1.807, 2.05) is 18.2 Å². The number of hydrogen-bond acceptors (Lipinski definition) is 3. The fourth-order valence-electron chi connectivity index (χ4n) is 2.85. The van der Waals surface area contributed by atoms with E-state index in [0.717, 1.165) is 15.7 Å². The quantitative estimate of drug-likeness (QED) is 0.290. The van der Waals surface area contributed by atoms with Crippen LogP contribution in [-0.2, 0) is 0 Å². The Hall–Kier alpha value is -1.23. The second-order valence-corrected chi connectivity index (χ2v) is 6.26. The maximum atomic E-state index is 8.73. The zero-order valence-corrected chi connectivity index (χ0v) is 13.4. The number of benzene rings is 1. The fraction of sp³-hybridized carbons (Fsp3) is 0.533. The van der Waals surface area contributed by atoms with Gasteiger partial charge in [0.2, 0.25) is 0 Å². The van der Waals surface area contributed by atoms with Gasteiger partial charge in [0.15, 0.2) is 5.84 Å². The van der Waals surface area contributed by atoms with E-state index in [9.17, 15) is 0 Å². The first-order valence-electron chi connectivity index (χ1n) is 7.13. The van der Waals surface area contributed by atoms with Crippen LogP contribution in [0, 0.1) is 0 Å². The van der Waals surface area contributed by atoms with Crippen LogP contribution in [-0.4, -0.2) is 24.1 Å². The van der Waals surface area contributed by atoms with Crippen molar-refractivity contribution in [2.45, 2.75) is 44.6 Å². The summed E-state index contributed by atoms with van der Waals surface area (Å²) in [6.07, 6.45) is 7.85. The predicted molar refractivity (Wildman–Crippen MR) is 86.5 cm³/mol. The molecule has 0 bridgehead atoms. The smallest absolute Gasteiger partial charge is 0.170 e. The van der Waals surface area contributed by atoms with E-state index in [4.69, 9.17) is 10.9 Å². The fourth-order valence-corrected chi connectivity index (χ4v) is 3.51. The van der Waals surface area contributed by atoms with Gasteiger partial charge in [0.05, 0.1) is 5.69 Å². The third-order valence-electron chi connectivity index (χ3n) is 4.10. The van der Waals surface area contributed by atoms with E-state index in [-0.39, 0.29) is 5.84 Å². The van der Waals surface area contributed by atoms with E-state index in [1.165, 1.54) is 38.5 Å². The molecule has 0 aromatic heterocycles. The Balaban J connectivity index is 2.19. The summed E-state index contributed by atoms with van der Waals surface area (Å²) >= 11 is 3.60. The molecule has 0 atom stereocenters. The minimum absolute atomic E-state index is 0.134. The number of nitrogens with zero attached hydrogens (tertiary/aromatic N) is 2. The molecule has 5 heteroatoms. The molecule has 1 aliphatic rings. The molecular weight excluding hydrogens is 318 g/mol. The molecular formula is C15H22BrN3O. The lowest BCUT2D eigenvalue weighted by atomic mass is 10.1. The van der Waals surface area contributed by atoms with Crippen molar-refractivity contribution in [1.29, 1.82) is 0 Å². The van der Waals surface area contributed by atoms with Gasteiger partial charge in [0.25, 0.3) is 0 Å². The maximum absolute atomic E-state index is 8.73. The molecule has 110 valence electrons. The Labute approximate surface area is 128 Å². The standard InChI is InChI=1S/C15H22BrN3O/c1-19(12-6-4-2-3-5-7-12)14-9-8-11(10-13(14)16)15(17)18-20/h8-10,12,20H,2-7H2,1H3,(H2,17,18). The first-order valence-corrected chi connectivity index (χ1v) is 7.93. The van der Waals surface area contributed by atoms with Gasteiger partial charge in [-0.3, -0.25) is 0 Å². The minimum Gasteiger partial charge on any atom is -0.409 e. The van der Waals surface area contributed by atoms with Gasteiger partial charge in [-0.15, -0.1) is 0 Å². The number of amidine groups is 1. The first-order chi connectivity index (χ1) is 9.63. The molecule has 3 N–H and O–H groups in total. The largest absolute Gasteiger partial charge is 0.409 e. The van der Waals surface area contributed by atoms with Crippen molar-refractivity contribution >= 4 is 27.5 Å². The summed E-state index contributed by atoms with van der Waals surface area (Å²) in [5.74, 6) is 0.134. The Morgan fingerprint density at radius 2 is 1.95 bits per heavy atom. The zero-order chi connectivity index (χ0) is 14.5. The highest BCUT2D eigenvalue weighted by molar-refractivity contribution is 9.10. The van der Waals surface area contributed by atoms with Gasteiger partial charge in [-0.1, -0.05) is 30.8 Å². The van der Waals surface area contributed by atoms with Crippen molar-refractivity contribution in [2.24, 2.45) is 10.9 Å². The summed E-state index contributed by atoms with van der Waals surface area (Å²) in [6, 6.07) is 6.42. The lowest BCUT2D eigenvalue weighted by molar-refractivity contribution is 0.318. The molecule has 0 saturated heterocycles. The molecule has 0 aliphatic heterocycles. The van der Waals surface area contributed by atoms with Crippen LogP contribution in [0.1, 0.15) is 44.1 Å². The van der Waals surface area contributed by atoms with Gasteiger partial charge in [-0.25, -0.2) is 0 Å². The molecule has 1 saturated carbocycles. The highest BCUT2D eigenvalue weighted by Gasteiger charge is 2.19. The van der Waals surface area contributed by atoms with Crippen molar-refractivity contribution in [1.82, 2.24) is 0 Å². The van der Waals surface area contributed by atoms with Crippen LogP contribution in [0.15, 0.2) is 27.8 Å².